The summed E-state index contributed by atoms with van der Waals surface area (Å²) in [6.07, 6.45) is -0.356. The molecule has 1 N–H and O–H groups in total. The molecule has 8 heteroatoms. The molecule has 1 saturated heterocycles. The third kappa shape index (κ3) is 3.69. The van der Waals surface area contributed by atoms with Gasteiger partial charge >= 0.3 is 6.09 Å². The largest absolute Gasteiger partial charge is 0.447 e. The fraction of sp³-hybridized carbons (Fsp3) is 0.190. The second-order valence-corrected chi connectivity index (χ2v) is 7.09. The smallest absolute Gasteiger partial charge is 0.414 e. The maximum Gasteiger partial charge on any atom is 0.414 e. The Morgan fingerprint density at radius 1 is 1.07 bits per heavy atom. The first-order valence-corrected chi connectivity index (χ1v) is 9.49. The molecule has 2 aromatic carbocycles. The van der Waals surface area contributed by atoms with Gasteiger partial charge in [-0.2, -0.15) is 5.10 Å². The Balaban J connectivity index is 1.46. The maximum absolute atomic E-state index is 12.5. The molecular formula is C21H19ClN4O3. The SMILES string of the molecule is Cc1nn(-c2ccc(C(=O)Nc3ccc(N4CCOC4=O)cc3)cc2)c(C)c1Cl. The minimum Gasteiger partial charge on any atom is -0.447 e. The summed E-state index contributed by atoms with van der Waals surface area (Å²) in [5.74, 6) is -0.226. The van der Waals surface area contributed by atoms with Gasteiger partial charge in [0.2, 0.25) is 0 Å². The van der Waals surface area contributed by atoms with Gasteiger partial charge in [0.1, 0.15) is 6.61 Å². The number of halogens is 1. The predicted molar refractivity (Wildman–Crippen MR) is 111 cm³/mol. The first kappa shape index (κ1) is 19.0. The van der Waals surface area contributed by atoms with Crippen LogP contribution >= 0.6 is 11.6 Å². The number of aromatic nitrogens is 2. The van der Waals surface area contributed by atoms with Crippen molar-refractivity contribution in [2.24, 2.45) is 0 Å². The van der Waals surface area contributed by atoms with Crippen LogP contribution in [0.15, 0.2) is 48.5 Å². The minimum absolute atomic E-state index is 0.226. The van der Waals surface area contributed by atoms with Crippen molar-refractivity contribution in [3.8, 4) is 5.69 Å². The number of carbonyl (C=O) groups excluding carboxylic acids is 2. The number of benzene rings is 2. The lowest BCUT2D eigenvalue weighted by Crippen LogP contribution is -2.23. The summed E-state index contributed by atoms with van der Waals surface area (Å²) in [6.45, 7) is 4.66. The van der Waals surface area contributed by atoms with Gasteiger partial charge in [0, 0.05) is 16.9 Å². The number of cyclic esters (lactones) is 1. The van der Waals surface area contributed by atoms with Gasteiger partial charge in [0.25, 0.3) is 5.91 Å². The fourth-order valence-corrected chi connectivity index (χ4v) is 3.30. The van der Waals surface area contributed by atoms with E-state index in [2.05, 4.69) is 10.4 Å². The Bertz CT molecular complexity index is 1070. The molecular weight excluding hydrogens is 392 g/mol. The number of hydrogen-bond acceptors (Lipinski definition) is 4. The van der Waals surface area contributed by atoms with Crippen molar-refractivity contribution in [1.82, 2.24) is 9.78 Å². The zero-order valence-electron chi connectivity index (χ0n) is 16.0. The fourth-order valence-electron chi connectivity index (χ4n) is 3.18. The van der Waals surface area contributed by atoms with Crippen LogP contribution in [0, 0.1) is 13.8 Å². The van der Waals surface area contributed by atoms with Crippen LogP contribution in [-0.2, 0) is 4.74 Å². The van der Waals surface area contributed by atoms with Gasteiger partial charge in [0.15, 0.2) is 0 Å². The molecule has 148 valence electrons. The van der Waals surface area contributed by atoms with Crippen molar-refractivity contribution < 1.29 is 14.3 Å². The van der Waals surface area contributed by atoms with Crippen molar-refractivity contribution >= 4 is 35.0 Å². The highest BCUT2D eigenvalue weighted by Gasteiger charge is 2.23. The van der Waals surface area contributed by atoms with E-state index in [9.17, 15) is 9.59 Å². The molecule has 0 spiro atoms. The van der Waals surface area contributed by atoms with E-state index in [1.54, 1.807) is 46.0 Å². The predicted octanol–water partition coefficient (Wildman–Crippen LogP) is 4.35. The molecule has 0 radical (unpaired) electrons. The van der Waals surface area contributed by atoms with Crippen molar-refractivity contribution in [2.45, 2.75) is 13.8 Å². The van der Waals surface area contributed by atoms with Gasteiger partial charge < -0.3 is 10.1 Å². The monoisotopic (exact) mass is 410 g/mol. The Morgan fingerprint density at radius 3 is 2.28 bits per heavy atom. The molecule has 0 aliphatic carbocycles. The van der Waals surface area contributed by atoms with Crippen LogP contribution in [-0.4, -0.2) is 34.9 Å². The molecule has 7 nitrogen and oxygen atoms in total. The Morgan fingerprint density at radius 2 is 1.72 bits per heavy atom. The number of rotatable bonds is 4. The lowest BCUT2D eigenvalue weighted by Gasteiger charge is -2.13. The molecule has 4 rings (SSSR count). The number of hydrogen-bond donors (Lipinski definition) is 1. The van der Waals surface area contributed by atoms with E-state index in [4.69, 9.17) is 16.3 Å². The van der Waals surface area contributed by atoms with Crippen LogP contribution in [0.4, 0.5) is 16.2 Å². The highest BCUT2D eigenvalue weighted by atomic mass is 35.5. The molecule has 2 heterocycles. The Hall–Kier alpha value is -3.32. The van der Waals surface area contributed by atoms with Crippen LogP contribution in [0.3, 0.4) is 0 Å². The van der Waals surface area contributed by atoms with E-state index in [1.165, 1.54) is 0 Å². The molecule has 2 amide bonds. The number of amides is 2. The van der Waals surface area contributed by atoms with Crippen molar-refractivity contribution in [2.75, 3.05) is 23.4 Å². The standard InChI is InChI=1S/C21H19ClN4O3/c1-13-19(22)14(2)26(24-13)18-7-3-15(4-8-18)20(27)23-16-5-9-17(10-6-16)25-11-12-29-21(25)28/h3-10H,11-12H2,1-2H3,(H,23,27). The summed E-state index contributed by atoms with van der Waals surface area (Å²) in [5.41, 5.74) is 4.34. The normalized spacial score (nSPS) is 13.5. The summed E-state index contributed by atoms with van der Waals surface area (Å²) >= 11 is 6.20. The third-order valence-electron chi connectivity index (χ3n) is 4.77. The summed E-state index contributed by atoms with van der Waals surface area (Å²) in [6, 6.07) is 14.2. The number of nitrogens with zero attached hydrogens (tertiary/aromatic N) is 3. The van der Waals surface area contributed by atoms with Crippen molar-refractivity contribution in [3.05, 3.63) is 70.5 Å². The number of anilines is 2. The lowest BCUT2D eigenvalue weighted by atomic mass is 10.2. The van der Waals surface area contributed by atoms with Gasteiger partial charge in [-0.15, -0.1) is 0 Å². The lowest BCUT2D eigenvalue weighted by molar-refractivity contribution is 0.102. The molecule has 1 fully saturated rings. The van der Waals surface area contributed by atoms with Crippen LogP contribution in [0.5, 0.6) is 0 Å². The zero-order valence-corrected chi connectivity index (χ0v) is 16.7. The van der Waals surface area contributed by atoms with Gasteiger partial charge in [-0.1, -0.05) is 11.6 Å². The van der Waals surface area contributed by atoms with Crippen LogP contribution < -0.4 is 10.2 Å². The van der Waals surface area contributed by atoms with Gasteiger partial charge in [0.05, 0.1) is 28.6 Å². The number of ether oxygens (including phenoxy) is 1. The number of nitrogens with one attached hydrogen (secondary N) is 1. The molecule has 0 atom stereocenters. The van der Waals surface area contributed by atoms with E-state index < -0.39 is 0 Å². The molecule has 0 saturated carbocycles. The molecule has 29 heavy (non-hydrogen) atoms. The average molecular weight is 411 g/mol. The quantitative estimate of drug-likeness (QED) is 0.693. The summed E-state index contributed by atoms with van der Waals surface area (Å²) in [4.78, 5) is 25.7. The van der Waals surface area contributed by atoms with Crippen LogP contribution in [0.2, 0.25) is 5.02 Å². The molecule has 0 unspecified atom stereocenters. The molecule has 0 bridgehead atoms. The highest BCUT2D eigenvalue weighted by molar-refractivity contribution is 6.31. The first-order chi connectivity index (χ1) is 13.9. The second-order valence-electron chi connectivity index (χ2n) is 6.71. The van der Waals surface area contributed by atoms with Crippen LogP contribution in [0.1, 0.15) is 21.7 Å². The minimum atomic E-state index is -0.356. The van der Waals surface area contributed by atoms with E-state index in [-0.39, 0.29) is 12.0 Å². The highest BCUT2D eigenvalue weighted by Crippen LogP contribution is 2.23. The van der Waals surface area contributed by atoms with E-state index in [0.717, 1.165) is 22.8 Å². The number of aryl methyl sites for hydroxylation is 1. The summed E-state index contributed by atoms with van der Waals surface area (Å²) in [7, 11) is 0. The van der Waals surface area contributed by atoms with E-state index >= 15 is 0 Å². The second kappa shape index (κ2) is 7.60. The Kier molecular flexibility index (Phi) is 4.98. The molecule has 1 aliphatic rings. The van der Waals surface area contributed by atoms with Gasteiger partial charge in [-0.05, 0) is 62.4 Å². The average Bonchev–Trinajstić information content (AvgIpc) is 3.27. The summed E-state index contributed by atoms with van der Waals surface area (Å²) < 4.78 is 6.68. The van der Waals surface area contributed by atoms with Crippen LogP contribution in [0.25, 0.3) is 5.69 Å². The van der Waals surface area contributed by atoms with Crippen molar-refractivity contribution in [3.63, 3.8) is 0 Å². The van der Waals surface area contributed by atoms with Crippen molar-refractivity contribution in [1.29, 1.82) is 0 Å². The topological polar surface area (TPSA) is 76.5 Å². The third-order valence-corrected chi connectivity index (χ3v) is 5.32. The summed E-state index contributed by atoms with van der Waals surface area (Å²) in [5, 5.41) is 7.91. The van der Waals surface area contributed by atoms with E-state index in [0.29, 0.717) is 29.4 Å². The number of carbonyl (C=O) groups is 2. The molecule has 1 aromatic heterocycles. The molecule has 1 aliphatic heterocycles. The first-order valence-electron chi connectivity index (χ1n) is 9.12. The van der Waals surface area contributed by atoms with Gasteiger partial charge in [-0.25, -0.2) is 9.48 Å². The van der Waals surface area contributed by atoms with E-state index in [1.807, 2.05) is 26.0 Å². The molecule has 3 aromatic rings. The van der Waals surface area contributed by atoms with Gasteiger partial charge in [-0.3, -0.25) is 9.69 Å². The Labute approximate surface area is 172 Å². The maximum atomic E-state index is 12.5. The zero-order chi connectivity index (χ0) is 20.5.